The van der Waals surface area contributed by atoms with Gasteiger partial charge in [-0.3, -0.25) is 10.1 Å². The second-order valence-corrected chi connectivity index (χ2v) is 5.34. The number of carbonyl (C=O) groups is 3. The van der Waals surface area contributed by atoms with E-state index in [0.29, 0.717) is 17.9 Å². The SMILES string of the molecule is CCNC(=O)NC(=O)COC(=O)c1c(C)nn(-c2ccccc2)c1Cl. The lowest BCUT2D eigenvalue weighted by molar-refractivity contribution is -0.123. The van der Waals surface area contributed by atoms with Crippen LogP contribution in [0, 0.1) is 6.92 Å². The Morgan fingerprint density at radius 2 is 1.92 bits per heavy atom. The molecule has 2 N–H and O–H groups in total. The quantitative estimate of drug-likeness (QED) is 0.788. The summed E-state index contributed by atoms with van der Waals surface area (Å²) in [5.41, 5.74) is 1.11. The number of nitrogens with zero attached hydrogens (tertiary/aromatic N) is 2. The largest absolute Gasteiger partial charge is 0.452 e. The smallest absolute Gasteiger partial charge is 0.343 e. The molecule has 132 valence electrons. The van der Waals surface area contributed by atoms with Crippen LogP contribution < -0.4 is 10.6 Å². The van der Waals surface area contributed by atoms with E-state index >= 15 is 0 Å². The number of amides is 3. The number of halogens is 1. The summed E-state index contributed by atoms with van der Waals surface area (Å²) in [5, 5.41) is 8.72. The molecule has 0 atom stereocenters. The highest BCUT2D eigenvalue weighted by Gasteiger charge is 2.23. The van der Waals surface area contributed by atoms with Crippen LogP contribution in [-0.2, 0) is 9.53 Å². The van der Waals surface area contributed by atoms with Crippen molar-refractivity contribution in [2.75, 3.05) is 13.2 Å². The fourth-order valence-corrected chi connectivity index (χ4v) is 2.39. The van der Waals surface area contributed by atoms with E-state index in [4.69, 9.17) is 16.3 Å². The lowest BCUT2D eigenvalue weighted by Crippen LogP contribution is -2.41. The van der Waals surface area contributed by atoms with Gasteiger partial charge in [0.05, 0.1) is 11.4 Å². The zero-order valence-corrected chi connectivity index (χ0v) is 14.5. The van der Waals surface area contributed by atoms with Gasteiger partial charge in [0.2, 0.25) is 0 Å². The topological polar surface area (TPSA) is 102 Å². The molecule has 3 amide bonds. The molecule has 2 aromatic rings. The van der Waals surface area contributed by atoms with Gasteiger partial charge in [0, 0.05) is 6.54 Å². The summed E-state index contributed by atoms with van der Waals surface area (Å²) in [6.07, 6.45) is 0. The predicted octanol–water partition coefficient (Wildman–Crippen LogP) is 1.84. The molecule has 0 saturated carbocycles. The van der Waals surface area contributed by atoms with E-state index in [2.05, 4.69) is 10.4 Å². The Labute approximate surface area is 149 Å². The minimum Gasteiger partial charge on any atom is -0.452 e. The zero-order valence-electron chi connectivity index (χ0n) is 13.7. The lowest BCUT2D eigenvalue weighted by Gasteiger charge is -2.06. The summed E-state index contributed by atoms with van der Waals surface area (Å²) >= 11 is 6.23. The Kier molecular flexibility index (Phi) is 6.13. The number of benzene rings is 1. The van der Waals surface area contributed by atoms with Gasteiger partial charge in [-0.1, -0.05) is 29.8 Å². The van der Waals surface area contributed by atoms with Crippen molar-refractivity contribution in [1.82, 2.24) is 20.4 Å². The van der Waals surface area contributed by atoms with Gasteiger partial charge in [-0.2, -0.15) is 5.10 Å². The Morgan fingerprint density at radius 3 is 2.56 bits per heavy atom. The first-order valence-electron chi connectivity index (χ1n) is 7.49. The van der Waals surface area contributed by atoms with Crippen LogP contribution >= 0.6 is 11.6 Å². The number of nitrogens with one attached hydrogen (secondary N) is 2. The molecule has 2 rings (SSSR count). The van der Waals surface area contributed by atoms with Crippen LogP contribution in [0.2, 0.25) is 5.15 Å². The second kappa shape index (κ2) is 8.29. The Morgan fingerprint density at radius 1 is 1.24 bits per heavy atom. The predicted molar refractivity (Wildman–Crippen MR) is 90.8 cm³/mol. The van der Waals surface area contributed by atoms with Crippen molar-refractivity contribution in [2.24, 2.45) is 0 Å². The number of urea groups is 1. The van der Waals surface area contributed by atoms with E-state index in [-0.39, 0.29) is 10.7 Å². The first kappa shape index (κ1) is 18.5. The van der Waals surface area contributed by atoms with Crippen molar-refractivity contribution in [3.63, 3.8) is 0 Å². The molecular weight excluding hydrogens is 348 g/mol. The van der Waals surface area contributed by atoms with Gasteiger partial charge in [-0.05, 0) is 26.0 Å². The van der Waals surface area contributed by atoms with Crippen LogP contribution in [0.15, 0.2) is 30.3 Å². The van der Waals surface area contributed by atoms with E-state index in [1.807, 2.05) is 23.5 Å². The number of para-hydroxylation sites is 1. The maximum Gasteiger partial charge on any atom is 0.343 e. The monoisotopic (exact) mass is 364 g/mol. The maximum absolute atomic E-state index is 12.2. The number of esters is 1. The van der Waals surface area contributed by atoms with Gasteiger partial charge in [0.25, 0.3) is 5.91 Å². The van der Waals surface area contributed by atoms with E-state index in [1.165, 1.54) is 4.68 Å². The van der Waals surface area contributed by atoms with E-state index in [1.54, 1.807) is 26.0 Å². The molecule has 9 heteroatoms. The van der Waals surface area contributed by atoms with Gasteiger partial charge in [0.15, 0.2) is 6.61 Å². The third-order valence-electron chi connectivity index (χ3n) is 3.13. The van der Waals surface area contributed by atoms with Crippen molar-refractivity contribution < 1.29 is 19.1 Å². The second-order valence-electron chi connectivity index (χ2n) is 4.98. The summed E-state index contributed by atoms with van der Waals surface area (Å²) in [5.74, 6) is -1.54. The number of carbonyl (C=O) groups excluding carboxylic acids is 3. The van der Waals surface area contributed by atoms with Gasteiger partial charge in [0.1, 0.15) is 10.7 Å². The third kappa shape index (κ3) is 4.57. The van der Waals surface area contributed by atoms with Gasteiger partial charge in [-0.15, -0.1) is 0 Å². The fourth-order valence-electron chi connectivity index (χ4n) is 2.04. The Hall–Kier alpha value is -2.87. The summed E-state index contributed by atoms with van der Waals surface area (Å²) in [4.78, 5) is 35.0. The maximum atomic E-state index is 12.2. The fraction of sp³-hybridized carbons (Fsp3) is 0.250. The Balaban J connectivity index is 2.06. The summed E-state index contributed by atoms with van der Waals surface area (Å²) in [6.45, 7) is 3.07. The van der Waals surface area contributed by atoms with Crippen LogP contribution in [0.4, 0.5) is 4.79 Å². The molecule has 0 aliphatic carbocycles. The molecule has 0 fully saturated rings. The van der Waals surface area contributed by atoms with Crippen LogP contribution in [-0.4, -0.2) is 40.8 Å². The van der Waals surface area contributed by atoms with Gasteiger partial charge < -0.3 is 10.1 Å². The number of aryl methyl sites for hydroxylation is 1. The standard InChI is InChI=1S/C16H17ClN4O4/c1-3-18-16(24)19-12(22)9-25-15(23)13-10(2)20-21(14(13)17)11-7-5-4-6-8-11/h4-8H,3,9H2,1-2H3,(H2,18,19,22,24). The van der Waals surface area contributed by atoms with Crippen molar-refractivity contribution in [1.29, 1.82) is 0 Å². The van der Waals surface area contributed by atoms with E-state index < -0.39 is 24.5 Å². The summed E-state index contributed by atoms with van der Waals surface area (Å²) in [6, 6.07) is 8.38. The number of hydrogen-bond acceptors (Lipinski definition) is 5. The molecule has 1 aromatic carbocycles. The third-order valence-corrected chi connectivity index (χ3v) is 3.48. The van der Waals surface area contributed by atoms with E-state index in [9.17, 15) is 14.4 Å². The first-order valence-corrected chi connectivity index (χ1v) is 7.87. The summed E-state index contributed by atoms with van der Waals surface area (Å²) in [7, 11) is 0. The van der Waals surface area contributed by atoms with Gasteiger partial charge >= 0.3 is 12.0 Å². The van der Waals surface area contributed by atoms with Crippen LogP contribution in [0.1, 0.15) is 23.0 Å². The minimum atomic E-state index is -0.796. The average Bonchev–Trinajstić information content (AvgIpc) is 2.88. The Bertz CT molecular complexity index is 789. The molecule has 0 bridgehead atoms. The molecule has 0 aliphatic rings. The number of aromatic nitrogens is 2. The molecule has 8 nitrogen and oxygen atoms in total. The molecule has 0 saturated heterocycles. The molecule has 0 aliphatic heterocycles. The number of rotatable bonds is 5. The molecule has 25 heavy (non-hydrogen) atoms. The van der Waals surface area contributed by atoms with Crippen molar-refractivity contribution >= 4 is 29.5 Å². The molecule has 0 spiro atoms. The average molecular weight is 365 g/mol. The first-order chi connectivity index (χ1) is 11.9. The zero-order chi connectivity index (χ0) is 18.4. The highest BCUT2D eigenvalue weighted by Crippen LogP contribution is 2.24. The number of ether oxygens (including phenoxy) is 1. The highest BCUT2D eigenvalue weighted by atomic mass is 35.5. The summed E-state index contributed by atoms with van der Waals surface area (Å²) < 4.78 is 6.32. The van der Waals surface area contributed by atoms with Crippen molar-refractivity contribution in [3.8, 4) is 5.69 Å². The number of imide groups is 1. The van der Waals surface area contributed by atoms with Crippen molar-refractivity contribution in [3.05, 3.63) is 46.7 Å². The number of hydrogen-bond donors (Lipinski definition) is 2. The lowest BCUT2D eigenvalue weighted by atomic mass is 10.2. The van der Waals surface area contributed by atoms with Crippen LogP contribution in [0.25, 0.3) is 5.69 Å². The molecule has 1 heterocycles. The molecule has 0 unspecified atom stereocenters. The molecular formula is C16H17ClN4O4. The normalized spacial score (nSPS) is 10.2. The molecule has 0 radical (unpaired) electrons. The van der Waals surface area contributed by atoms with Crippen LogP contribution in [0.3, 0.4) is 0 Å². The van der Waals surface area contributed by atoms with Crippen LogP contribution in [0.5, 0.6) is 0 Å². The van der Waals surface area contributed by atoms with Gasteiger partial charge in [-0.25, -0.2) is 14.3 Å². The molecule has 1 aromatic heterocycles. The highest BCUT2D eigenvalue weighted by molar-refractivity contribution is 6.33. The van der Waals surface area contributed by atoms with E-state index in [0.717, 1.165) is 0 Å². The minimum absolute atomic E-state index is 0.0660. The van der Waals surface area contributed by atoms with Crippen molar-refractivity contribution in [2.45, 2.75) is 13.8 Å².